The number of benzene rings is 1. The van der Waals surface area contributed by atoms with Crippen LogP contribution in [0.2, 0.25) is 0 Å². The minimum Gasteiger partial charge on any atom is -0.349 e. The van der Waals surface area contributed by atoms with Gasteiger partial charge in [0.05, 0.1) is 6.54 Å². The van der Waals surface area contributed by atoms with Crippen molar-refractivity contribution >= 4 is 11.6 Å². The van der Waals surface area contributed by atoms with Crippen LogP contribution in [0, 0.1) is 0 Å². The summed E-state index contributed by atoms with van der Waals surface area (Å²) in [6.45, 7) is 5.41. The zero-order valence-electron chi connectivity index (χ0n) is 12.9. The summed E-state index contributed by atoms with van der Waals surface area (Å²) in [5, 5.41) is 0. The summed E-state index contributed by atoms with van der Waals surface area (Å²) in [5.74, 6) is 0.219. The first-order valence-corrected chi connectivity index (χ1v) is 8.01. The number of fused-ring (bicyclic) bond motifs is 2. The van der Waals surface area contributed by atoms with Crippen LogP contribution in [0.3, 0.4) is 0 Å². The minimum atomic E-state index is 0.219. The van der Waals surface area contributed by atoms with Crippen molar-refractivity contribution in [2.24, 2.45) is 0 Å². The predicted octanol–water partition coefficient (Wildman–Crippen LogP) is 2.45. The Morgan fingerprint density at radius 1 is 1.14 bits per heavy atom. The molecule has 0 fully saturated rings. The molecule has 4 heteroatoms. The number of carbonyl (C=O) groups excluding carboxylic acids is 1. The third kappa shape index (κ3) is 2.15. The molecule has 0 unspecified atom stereocenters. The summed E-state index contributed by atoms with van der Waals surface area (Å²) >= 11 is 0. The zero-order valence-corrected chi connectivity index (χ0v) is 12.9. The van der Waals surface area contributed by atoms with Gasteiger partial charge in [0.2, 0.25) is 5.91 Å². The van der Waals surface area contributed by atoms with Crippen LogP contribution in [0.1, 0.15) is 24.2 Å². The molecule has 1 atom stereocenters. The Balaban J connectivity index is 1.50. The second-order valence-electron chi connectivity index (χ2n) is 6.20. The predicted molar refractivity (Wildman–Crippen MR) is 86.9 cm³/mol. The number of hydrogen-bond donors (Lipinski definition) is 0. The molecule has 4 rings (SSSR count). The molecular weight excluding hydrogens is 274 g/mol. The van der Waals surface area contributed by atoms with Crippen molar-refractivity contribution in [3.8, 4) is 0 Å². The van der Waals surface area contributed by atoms with Gasteiger partial charge in [0, 0.05) is 43.3 Å². The first-order valence-electron chi connectivity index (χ1n) is 8.01. The van der Waals surface area contributed by atoms with Crippen LogP contribution in [0.5, 0.6) is 0 Å². The molecule has 0 aliphatic carbocycles. The molecule has 1 aromatic carbocycles. The van der Waals surface area contributed by atoms with Crippen LogP contribution in [-0.2, 0) is 17.8 Å². The van der Waals surface area contributed by atoms with E-state index in [1.807, 2.05) is 17.0 Å². The first kappa shape index (κ1) is 13.6. The maximum atomic E-state index is 12.7. The van der Waals surface area contributed by atoms with E-state index >= 15 is 0 Å². The SMILES string of the molecule is C[C@@H]1c2cccn2CCN1CC(=O)N1CCc2ccccc21. The van der Waals surface area contributed by atoms with Crippen molar-refractivity contribution in [2.45, 2.75) is 25.9 Å². The maximum absolute atomic E-state index is 12.7. The molecule has 22 heavy (non-hydrogen) atoms. The number of nitrogens with zero attached hydrogens (tertiary/aromatic N) is 3. The molecule has 0 saturated heterocycles. The lowest BCUT2D eigenvalue weighted by atomic mass is 10.1. The van der Waals surface area contributed by atoms with Crippen LogP contribution in [0.4, 0.5) is 5.69 Å². The Morgan fingerprint density at radius 3 is 2.91 bits per heavy atom. The van der Waals surface area contributed by atoms with E-state index < -0.39 is 0 Å². The van der Waals surface area contributed by atoms with Crippen molar-refractivity contribution in [1.82, 2.24) is 9.47 Å². The molecule has 0 N–H and O–H groups in total. The van der Waals surface area contributed by atoms with Crippen molar-refractivity contribution in [3.05, 3.63) is 53.9 Å². The van der Waals surface area contributed by atoms with Gasteiger partial charge in [-0.1, -0.05) is 18.2 Å². The second kappa shape index (κ2) is 5.29. The Morgan fingerprint density at radius 2 is 2.00 bits per heavy atom. The highest BCUT2D eigenvalue weighted by Crippen LogP contribution is 2.29. The zero-order chi connectivity index (χ0) is 15.1. The smallest absolute Gasteiger partial charge is 0.241 e. The molecule has 0 bridgehead atoms. The maximum Gasteiger partial charge on any atom is 0.241 e. The Bertz CT molecular complexity index is 706. The monoisotopic (exact) mass is 295 g/mol. The number of carbonyl (C=O) groups is 1. The van der Waals surface area contributed by atoms with Crippen LogP contribution < -0.4 is 4.90 Å². The van der Waals surface area contributed by atoms with E-state index in [1.165, 1.54) is 11.3 Å². The molecule has 0 spiro atoms. The molecule has 1 amide bonds. The molecule has 114 valence electrons. The van der Waals surface area contributed by atoms with Crippen molar-refractivity contribution < 1.29 is 4.79 Å². The molecule has 3 heterocycles. The van der Waals surface area contributed by atoms with E-state index in [9.17, 15) is 4.79 Å². The molecule has 4 nitrogen and oxygen atoms in total. The lowest BCUT2D eigenvalue weighted by Crippen LogP contribution is -2.44. The van der Waals surface area contributed by atoms with Gasteiger partial charge in [-0.25, -0.2) is 0 Å². The van der Waals surface area contributed by atoms with Gasteiger partial charge >= 0.3 is 0 Å². The summed E-state index contributed by atoms with van der Waals surface area (Å²) in [6.07, 6.45) is 3.10. The minimum absolute atomic E-state index is 0.219. The Hall–Kier alpha value is -2.07. The number of amides is 1. The average Bonchev–Trinajstić information content (AvgIpc) is 3.16. The van der Waals surface area contributed by atoms with E-state index in [0.717, 1.165) is 31.7 Å². The number of aromatic nitrogens is 1. The third-order valence-electron chi connectivity index (χ3n) is 5.00. The van der Waals surface area contributed by atoms with Crippen LogP contribution >= 0.6 is 0 Å². The summed E-state index contributed by atoms with van der Waals surface area (Å²) in [6, 6.07) is 12.8. The second-order valence-corrected chi connectivity index (χ2v) is 6.20. The number of para-hydroxylation sites is 1. The van der Waals surface area contributed by atoms with E-state index in [4.69, 9.17) is 0 Å². The van der Waals surface area contributed by atoms with Crippen LogP contribution in [0.15, 0.2) is 42.6 Å². The number of anilines is 1. The Labute approximate surface area is 130 Å². The molecule has 2 aliphatic rings. The fourth-order valence-electron chi connectivity index (χ4n) is 3.70. The lowest BCUT2D eigenvalue weighted by Gasteiger charge is -2.35. The number of hydrogen-bond acceptors (Lipinski definition) is 2. The van der Waals surface area contributed by atoms with Crippen molar-refractivity contribution in [2.75, 3.05) is 24.5 Å². The van der Waals surface area contributed by atoms with Gasteiger partial charge in [-0.05, 0) is 37.1 Å². The summed E-state index contributed by atoms with van der Waals surface area (Å²) in [4.78, 5) is 17.0. The van der Waals surface area contributed by atoms with Crippen LogP contribution in [0.25, 0.3) is 0 Å². The highest BCUT2D eigenvalue weighted by molar-refractivity contribution is 5.96. The van der Waals surface area contributed by atoms with Crippen molar-refractivity contribution in [1.29, 1.82) is 0 Å². The molecule has 2 aliphatic heterocycles. The van der Waals surface area contributed by atoms with Gasteiger partial charge in [0.25, 0.3) is 0 Å². The van der Waals surface area contributed by atoms with Crippen LogP contribution in [-0.4, -0.2) is 35.0 Å². The normalized spacial score (nSPS) is 20.8. The van der Waals surface area contributed by atoms with Gasteiger partial charge < -0.3 is 9.47 Å². The van der Waals surface area contributed by atoms with E-state index in [0.29, 0.717) is 12.6 Å². The number of rotatable bonds is 2. The molecule has 1 aromatic heterocycles. The topological polar surface area (TPSA) is 28.5 Å². The van der Waals surface area contributed by atoms with Gasteiger partial charge in [-0.15, -0.1) is 0 Å². The highest BCUT2D eigenvalue weighted by Gasteiger charge is 2.29. The molecule has 2 aromatic rings. The van der Waals surface area contributed by atoms with Gasteiger partial charge in [0.15, 0.2) is 0 Å². The largest absolute Gasteiger partial charge is 0.349 e. The quantitative estimate of drug-likeness (QED) is 0.851. The average molecular weight is 295 g/mol. The van der Waals surface area contributed by atoms with Gasteiger partial charge in [0.1, 0.15) is 0 Å². The summed E-state index contributed by atoms with van der Waals surface area (Å²) in [7, 11) is 0. The van der Waals surface area contributed by atoms with E-state index in [2.05, 4.69) is 46.9 Å². The highest BCUT2D eigenvalue weighted by atomic mass is 16.2. The lowest BCUT2D eigenvalue weighted by molar-refractivity contribution is -0.120. The molecule has 0 radical (unpaired) electrons. The first-order chi connectivity index (χ1) is 10.7. The third-order valence-corrected chi connectivity index (χ3v) is 5.00. The fraction of sp³-hybridized carbons (Fsp3) is 0.389. The van der Waals surface area contributed by atoms with Crippen molar-refractivity contribution in [3.63, 3.8) is 0 Å². The Kier molecular flexibility index (Phi) is 3.26. The molecular formula is C18H21N3O. The van der Waals surface area contributed by atoms with E-state index in [1.54, 1.807) is 0 Å². The van der Waals surface area contributed by atoms with Gasteiger partial charge in [-0.3, -0.25) is 9.69 Å². The fourth-order valence-corrected chi connectivity index (χ4v) is 3.70. The standard InChI is InChI=1S/C18H21N3O/c1-14-16-7-4-9-19(16)11-12-20(14)13-18(22)21-10-8-15-5-2-3-6-17(15)21/h2-7,9,14H,8,10-13H2,1H3/t14-/m1/s1. The molecule has 0 saturated carbocycles. The van der Waals surface area contributed by atoms with E-state index in [-0.39, 0.29) is 5.91 Å². The van der Waals surface area contributed by atoms with Gasteiger partial charge in [-0.2, -0.15) is 0 Å². The summed E-state index contributed by atoms with van der Waals surface area (Å²) < 4.78 is 2.29. The summed E-state index contributed by atoms with van der Waals surface area (Å²) in [5.41, 5.74) is 3.69.